The Morgan fingerprint density at radius 2 is 2.00 bits per heavy atom. The molecule has 25 heavy (non-hydrogen) atoms. The van der Waals surface area contributed by atoms with Crippen LogP contribution in [0.25, 0.3) is 0 Å². The summed E-state index contributed by atoms with van der Waals surface area (Å²) >= 11 is 0. The van der Waals surface area contributed by atoms with Gasteiger partial charge in [-0.2, -0.15) is 0 Å². The van der Waals surface area contributed by atoms with Gasteiger partial charge in [-0.25, -0.2) is 0 Å². The van der Waals surface area contributed by atoms with E-state index in [4.69, 9.17) is 9.47 Å². The van der Waals surface area contributed by atoms with Gasteiger partial charge < -0.3 is 20.1 Å². The van der Waals surface area contributed by atoms with Crippen LogP contribution in [0.15, 0.2) is 29.8 Å². The van der Waals surface area contributed by atoms with E-state index in [9.17, 15) is 4.79 Å². The maximum atomic E-state index is 12.3. The zero-order chi connectivity index (χ0) is 17.5. The second-order valence-corrected chi connectivity index (χ2v) is 6.73. The van der Waals surface area contributed by atoms with Crippen LogP contribution in [0.5, 0.6) is 11.5 Å². The molecule has 0 saturated heterocycles. The van der Waals surface area contributed by atoms with Gasteiger partial charge in [0.2, 0.25) is 5.91 Å². The highest BCUT2D eigenvalue weighted by Crippen LogP contribution is 2.32. The van der Waals surface area contributed by atoms with E-state index >= 15 is 0 Å². The van der Waals surface area contributed by atoms with Gasteiger partial charge in [-0.15, -0.1) is 0 Å². The number of allylic oxidation sites excluding steroid dienone is 1. The number of benzene rings is 1. The molecule has 1 heterocycles. The number of carbonyl (C=O) groups is 1. The van der Waals surface area contributed by atoms with E-state index in [-0.39, 0.29) is 11.9 Å². The van der Waals surface area contributed by atoms with Crippen LogP contribution in [0.1, 0.15) is 45.4 Å². The number of amides is 1. The Balaban J connectivity index is 1.47. The molecule has 5 nitrogen and oxygen atoms in total. The number of anilines is 1. The lowest BCUT2D eigenvalue weighted by Crippen LogP contribution is -2.38. The largest absolute Gasteiger partial charge is 0.490 e. The minimum absolute atomic E-state index is 0.0171. The fourth-order valence-electron chi connectivity index (χ4n) is 3.20. The van der Waals surface area contributed by atoms with E-state index in [0.29, 0.717) is 19.8 Å². The minimum atomic E-state index is -0.301. The van der Waals surface area contributed by atoms with Crippen LogP contribution in [-0.2, 0) is 4.79 Å². The minimum Gasteiger partial charge on any atom is -0.490 e. The molecular weight excluding hydrogens is 316 g/mol. The van der Waals surface area contributed by atoms with Gasteiger partial charge in [0.25, 0.3) is 0 Å². The van der Waals surface area contributed by atoms with Crippen molar-refractivity contribution in [2.45, 2.75) is 51.5 Å². The molecule has 2 N–H and O–H groups in total. The van der Waals surface area contributed by atoms with Crippen molar-refractivity contribution < 1.29 is 14.3 Å². The lowest BCUT2D eigenvalue weighted by Gasteiger charge is -2.17. The van der Waals surface area contributed by atoms with Gasteiger partial charge in [-0.1, -0.05) is 11.6 Å². The molecule has 136 valence electrons. The van der Waals surface area contributed by atoms with E-state index in [1.54, 1.807) is 0 Å². The number of hydrogen-bond donors (Lipinski definition) is 2. The van der Waals surface area contributed by atoms with Gasteiger partial charge in [0.1, 0.15) is 6.04 Å². The highest BCUT2D eigenvalue weighted by Gasteiger charge is 2.15. The summed E-state index contributed by atoms with van der Waals surface area (Å²) in [5.41, 5.74) is 2.34. The Morgan fingerprint density at radius 3 is 2.80 bits per heavy atom. The molecule has 0 bridgehead atoms. The van der Waals surface area contributed by atoms with Gasteiger partial charge >= 0.3 is 0 Å². The van der Waals surface area contributed by atoms with Crippen molar-refractivity contribution in [3.8, 4) is 11.5 Å². The van der Waals surface area contributed by atoms with Crippen LogP contribution in [0, 0.1) is 0 Å². The highest BCUT2D eigenvalue weighted by atomic mass is 16.5. The summed E-state index contributed by atoms with van der Waals surface area (Å²) in [5.74, 6) is 1.52. The molecule has 3 rings (SSSR count). The fraction of sp³-hybridized carbons (Fsp3) is 0.550. The molecule has 1 atom stereocenters. The average Bonchev–Trinajstić information content (AvgIpc) is 2.87. The van der Waals surface area contributed by atoms with Gasteiger partial charge in [-0.05, 0) is 51.2 Å². The van der Waals surface area contributed by atoms with Crippen molar-refractivity contribution in [1.82, 2.24) is 5.32 Å². The highest BCUT2D eigenvalue weighted by molar-refractivity contribution is 5.84. The summed E-state index contributed by atoms with van der Waals surface area (Å²) in [4.78, 5) is 12.3. The predicted octanol–water partition coefficient (Wildman–Crippen LogP) is 3.66. The van der Waals surface area contributed by atoms with Gasteiger partial charge in [0.15, 0.2) is 11.5 Å². The third-order valence-electron chi connectivity index (χ3n) is 4.65. The smallest absolute Gasteiger partial charge is 0.242 e. The van der Waals surface area contributed by atoms with E-state index in [1.165, 1.54) is 31.3 Å². The van der Waals surface area contributed by atoms with Crippen LogP contribution >= 0.6 is 0 Å². The van der Waals surface area contributed by atoms with Crippen molar-refractivity contribution >= 4 is 11.6 Å². The Hall–Kier alpha value is -2.17. The molecule has 1 aliphatic heterocycles. The predicted molar refractivity (Wildman–Crippen MR) is 99.3 cm³/mol. The molecule has 0 spiro atoms. The summed E-state index contributed by atoms with van der Waals surface area (Å²) in [5, 5.41) is 6.26. The molecule has 1 aromatic rings. The molecule has 1 amide bonds. The van der Waals surface area contributed by atoms with Crippen molar-refractivity contribution in [2.24, 2.45) is 0 Å². The summed E-state index contributed by atoms with van der Waals surface area (Å²) < 4.78 is 11.3. The molecular formula is C20H28N2O3. The maximum absolute atomic E-state index is 12.3. The third kappa shape index (κ3) is 5.15. The lowest BCUT2D eigenvalue weighted by atomic mass is 9.97. The fourth-order valence-corrected chi connectivity index (χ4v) is 3.20. The van der Waals surface area contributed by atoms with Crippen LogP contribution in [0.2, 0.25) is 0 Å². The van der Waals surface area contributed by atoms with Gasteiger partial charge in [0, 0.05) is 24.7 Å². The number of fused-ring (bicyclic) bond motifs is 1. The molecule has 1 aliphatic carbocycles. The number of hydrogen-bond acceptors (Lipinski definition) is 4. The lowest BCUT2D eigenvalue weighted by molar-refractivity contribution is -0.121. The topological polar surface area (TPSA) is 59.6 Å². The first-order valence-electron chi connectivity index (χ1n) is 9.34. The molecule has 0 radical (unpaired) electrons. The van der Waals surface area contributed by atoms with Crippen molar-refractivity contribution in [3.05, 3.63) is 29.8 Å². The number of carbonyl (C=O) groups excluding carboxylic acids is 1. The van der Waals surface area contributed by atoms with Crippen molar-refractivity contribution in [1.29, 1.82) is 0 Å². The summed E-state index contributed by atoms with van der Waals surface area (Å²) in [6.07, 6.45) is 9.12. The first-order valence-corrected chi connectivity index (χ1v) is 9.34. The zero-order valence-electron chi connectivity index (χ0n) is 15.0. The average molecular weight is 344 g/mol. The third-order valence-corrected chi connectivity index (χ3v) is 4.65. The molecule has 0 fully saturated rings. The monoisotopic (exact) mass is 344 g/mol. The second kappa shape index (κ2) is 8.79. The molecule has 5 heteroatoms. The standard InChI is InChI=1S/C20H28N2O3/c1-15(20(23)21-11-10-16-6-3-2-4-7-16)22-17-8-9-18-19(14-17)25-13-5-12-24-18/h6,8-9,14-15,22H,2-5,7,10-13H2,1H3,(H,21,23)/t15-/m0/s1. The van der Waals surface area contributed by atoms with Gasteiger partial charge in [0.05, 0.1) is 13.2 Å². The van der Waals surface area contributed by atoms with Crippen LogP contribution < -0.4 is 20.1 Å². The zero-order valence-corrected chi connectivity index (χ0v) is 15.0. The normalized spacial score (nSPS) is 17.9. The molecule has 2 aliphatic rings. The van der Waals surface area contributed by atoms with E-state index in [1.807, 2.05) is 25.1 Å². The Labute approximate surface area is 149 Å². The molecule has 0 unspecified atom stereocenters. The summed E-state index contributed by atoms with van der Waals surface area (Å²) in [7, 11) is 0. The SMILES string of the molecule is C[C@H](Nc1ccc2c(c1)OCCCO2)C(=O)NCCC1=CCCCC1. The Morgan fingerprint density at radius 1 is 1.16 bits per heavy atom. The summed E-state index contributed by atoms with van der Waals surface area (Å²) in [6, 6.07) is 5.41. The van der Waals surface area contributed by atoms with Crippen LogP contribution in [0.4, 0.5) is 5.69 Å². The molecule has 0 saturated carbocycles. The number of nitrogens with one attached hydrogen (secondary N) is 2. The van der Waals surface area contributed by atoms with E-state index < -0.39 is 0 Å². The van der Waals surface area contributed by atoms with Gasteiger partial charge in [-0.3, -0.25) is 4.79 Å². The quantitative estimate of drug-likeness (QED) is 0.773. The molecule has 0 aromatic heterocycles. The Bertz CT molecular complexity index is 627. The van der Waals surface area contributed by atoms with Crippen LogP contribution in [0.3, 0.4) is 0 Å². The van der Waals surface area contributed by atoms with Crippen molar-refractivity contribution in [3.63, 3.8) is 0 Å². The number of ether oxygens (including phenoxy) is 2. The van der Waals surface area contributed by atoms with E-state index in [0.717, 1.165) is 30.0 Å². The first-order chi connectivity index (χ1) is 12.2. The number of rotatable bonds is 6. The second-order valence-electron chi connectivity index (χ2n) is 6.73. The van der Waals surface area contributed by atoms with E-state index in [2.05, 4.69) is 16.7 Å². The molecule has 1 aromatic carbocycles. The maximum Gasteiger partial charge on any atom is 0.242 e. The van der Waals surface area contributed by atoms with Crippen molar-refractivity contribution in [2.75, 3.05) is 25.1 Å². The Kier molecular flexibility index (Phi) is 6.20. The van der Waals surface area contributed by atoms with Crippen LogP contribution in [-0.4, -0.2) is 31.7 Å². The summed E-state index contributed by atoms with van der Waals surface area (Å²) in [6.45, 7) is 3.91. The first kappa shape index (κ1) is 17.6.